The van der Waals surface area contributed by atoms with Crippen LogP contribution in [0.1, 0.15) is 53.9 Å². The van der Waals surface area contributed by atoms with Crippen LogP contribution in [0.2, 0.25) is 0 Å². The number of aliphatic carboxylic acids is 1. The second-order valence-corrected chi connectivity index (χ2v) is 6.53. The molecule has 0 aromatic heterocycles. The van der Waals surface area contributed by atoms with Crippen molar-refractivity contribution >= 4 is 5.97 Å². The van der Waals surface area contributed by atoms with E-state index >= 15 is 0 Å². The van der Waals surface area contributed by atoms with Crippen LogP contribution in [0.3, 0.4) is 0 Å². The van der Waals surface area contributed by atoms with Crippen molar-refractivity contribution in [1.29, 1.82) is 0 Å². The molecule has 3 heteroatoms. The lowest BCUT2D eigenvalue weighted by Crippen LogP contribution is -2.53. The second kappa shape index (κ2) is 3.73. The Morgan fingerprint density at radius 1 is 1.31 bits per heavy atom. The molecule has 0 radical (unpaired) electrons. The average molecular weight is 228 g/mol. The minimum Gasteiger partial charge on any atom is -0.481 e. The van der Waals surface area contributed by atoms with Crippen molar-refractivity contribution in [3.05, 3.63) is 0 Å². The normalized spacial score (nSPS) is 32.7. The van der Waals surface area contributed by atoms with E-state index in [1.165, 1.54) is 0 Å². The number of rotatable bonds is 3. The Morgan fingerprint density at radius 2 is 1.81 bits per heavy atom. The van der Waals surface area contributed by atoms with E-state index in [1.807, 2.05) is 13.8 Å². The van der Waals surface area contributed by atoms with Gasteiger partial charge in [-0.2, -0.15) is 0 Å². The molecule has 1 saturated carbocycles. The summed E-state index contributed by atoms with van der Waals surface area (Å²) in [4.78, 5) is 11.5. The molecular weight excluding hydrogens is 204 g/mol. The van der Waals surface area contributed by atoms with Gasteiger partial charge in [0.15, 0.2) is 0 Å². The zero-order valence-electron chi connectivity index (χ0n) is 11.0. The number of hydrogen-bond donors (Lipinski definition) is 2. The van der Waals surface area contributed by atoms with E-state index in [-0.39, 0.29) is 11.3 Å². The van der Waals surface area contributed by atoms with E-state index in [0.717, 1.165) is 6.42 Å². The van der Waals surface area contributed by atoms with Gasteiger partial charge in [0.2, 0.25) is 0 Å². The van der Waals surface area contributed by atoms with Gasteiger partial charge in [-0.15, -0.1) is 0 Å². The van der Waals surface area contributed by atoms with Gasteiger partial charge in [0, 0.05) is 0 Å². The smallest absolute Gasteiger partial charge is 0.312 e. The maximum absolute atomic E-state index is 11.5. The molecule has 2 atom stereocenters. The van der Waals surface area contributed by atoms with Crippen molar-refractivity contribution in [3.8, 4) is 0 Å². The summed E-state index contributed by atoms with van der Waals surface area (Å²) in [7, 11) is 0. The van der Waals surface area contributed by atoms with Gasteiger partial charge in [0.05, 0.1) is 11.0 Å². The molecule has 0 aromatic rings. The highest BCUT2D eigenvalue weighted by atomic mass is 16.4. The van der Waals surface area contributed by atoms with Gasteiger partial charge >= 0.3 is 5.97 Å². The largest absolute Gasteiger partial charge is 0.481 e. The highest BCUT2D eigenvalue weighted by Crippen LogP contribution is 2.54. The number of aliphatic hydroxyl groups is 1. The number of carboxylic acid groups (broad SMARTS) is 1. The Labute approximate surface area is 97.9 Å². The van der Waals surface area contributed by atoms with Gasteiger partial charge in [-0.1, -0.05) is 27.7 Å². The minimum atomic E-state index is -1.07. The molecule has 94 valence electrons. The predicted octanol–water partition coefficient (Wildman–Crippen LogP) is 2.67. The van der Waals surface area contributed by atoms with Gasteiger partial charge in [-0.3, -0.25) is 4.79 Å². The molecule has 1 rings (SSSR count). The van der Waals surface area contributed by atoms with E-state index < -0.39 is 17.0 Å². The van der Waals surface area contributed by atoms with Crippen LogP contribution < -0.4 is 0 Å². The fourth-order valence-corrected chi connectivity index (χ4v) is 2.94. The maximum Gasteiger partial charge on any atom is 0.312 e. The molecule has 2 unspecified atom stereocenters. The fraction of sp³-hybridized carbons (Fsp3) is 0.923. The number of carboxylic acids is 1. The summed E-state index contributed by atoms with van der Waals surface area (Å²) in [5.74, 6) is -0.966. The van der Waals surface area contributed by atoms with Gasteiger partial charge in [0.25, 0.3) is 0 Å². The molecule has 0 bridgehead atoms. The third kappa shape index (κ3) is 1.86. The molecular formula is C13H24O3. The molecule has 0 heterocycles. The number of hydrogen-bond acceptors (Lipinski definition) is 2. The molecule has 1 fully saturated rings. The fourth-order valence-electron chi connectivity index (χ4n) is 2.94. The Bertz CT molecular complexity index is 296. The van der Waals surface area contributed by atoms with Crippen molar-refractivity contribution in [3.63, 3.8) is 0 Å². The molecule has 0 saturated heterocycles. The lowest BCUT2D eigenvalue weighted by molar-refractivity contribution is -0.174. The zero-order valence-corrected chi connectivity index (χ0v) is 11.0. The van der Waals surface area contributed by atoms with E-state index in [0.29, 0.717) is 12.8 Å². The van der Waals surface area contributed by atoms with Gasteiger partial charge in [0.1, 0.15) is 0 Å². The van der Waals surface area contributed by atoms with Crippen LogP contribution in [-0.4, -0.2) is 21.8 Å². The Kier molecular flexibility index (Phi) is 3.14. The standard InChI is InChI=1S/C13H24O3/c1-9(2)12(5,10(14)15)13(16)7-6-11(3,4)8-13/h9,16H,6-8H2,1-5H3,(H,14,15). The molecule has 0 aromatic carbocycles. The van der Waals surface area contributed by atoms with Gasteiger partial charge in [-0.05, 0) is 37.5 Å². The van der Waals surface area contributed by atoms with E-state index in [2.05, 4.69) is 13.8 Å². The van der Waals surface area contributed by atoms with E-state index in [1.54, 1.807) is 6.92 Å². The lowest BCUT2D eigenvalue weighted by Gasteiger charge is -2.43. The average Bonchev–Trinajstić information content (AvgIpc) is 2.39. The lowest BCUT2D eigenvalue weighted by atomic mass is 9.64. The highest BCUT2D eigenvalue weighted by molar-refractivity contribution is 5.76. The van der Waals surface area contributed by atoms with Gasteiger partial charge < -0.3 is 10.2 Å². The van der Waals surface area contributed by atoms with Crippen LogP contribution in [0.5, 0.6) is 0 Å². The molecule has 16 heavy (non-hydrogen) atoms. The highest BCUT2D eigenvalue weighted by Gasteiger charge is 2.58. The molecule has 0 aliphatic heterocycles. The summed E-state index contributed by atoms with van der Waals surface area (Å²) >= 11 is 0. The quantitative estimate of drug-likeness (QED) is 0.780. The summed E-state index contributed by atoms with van der Waals surface area (Å²) < 4.78 is 0. The van der Waals surface area contributed by atoms with Crippen LogP contribution in [0.25, 0.3) is 0 Å². The minimum absolute atomic E-state index is 0.0420. The summed E-state index contributed by atoms with van der Waals surface area (Å²) in [6.45, 7) is 9.61. The van der Waals surface area contributed by atoms with Crippen molar-refractivity contribution < 1.29 is 15.0 Å². The predicted molar refractivity (Wildman–Crippen MR) is 63.2 cm³/mol. The SMILES string of the molecule is CC(C)C(C)(C(=O)O)C1(O)CCC(C)(C)C1. The summed E-state index contributed by atoms with van der Waals surface area (Å²) in [5.41, 5.74) is -2.09. The summed E-state index contributed by atoms with van der Waals surface area (Å²) in [5, 5.41) is 20.1. The molecule has 2 N–H and O–H groups in total. The molecule has 1 aliphatic rings. The van der Waals surface area contributed by atoms with Crippen LogP contribution in [0.15, 0.2) is 0 Å². The Balaban J connectivity index is 3.10. The summed E-state index contributed by atoms with van der Waals surface area (Å²) in [6, 6.07) is 0. The Morgan fingerprint density at radius 3 is 2.06 bits per heavy atom. The third-order valence-electron chi connectivity index (χ3n) is 4.55. The third-order valence-corrected chi connectivity index (χ3v) is 4.55. The first-order valence-electron chi connectivity index (χ1n) is 6.01. The van der Waals surface area contributed by atoms with Crippen LogP contribution in [-0.2, 0) is 4.79 Å². The van der Waals surface area contributed by atoms with Crippen LogP contribution >= 0.6 is 0 Å². The van der Waals surface area contributed by atoms with Crippen molar-refractivity contribution in [2.45, 2.75) is 59.5 Å². The topological polar surface area (TPSA) is 57.5 Å². The van der Waals surface area contributed by atoms with E-state index in [9.17, 15) is 15.0 Å². The zero-order chi connectivity index (χ0) is 12.8. The first-order valence-corrected chi connectivity index (χ1v) is 6.01. The second-order valence-electron chi connectivity index (χ2n) is 6.53. The van der Waals surface area contributed by atoms with E-state index in [4.69, 9.17) is 0 Å². The first kappa shape index (κ1) is 13.5. The molecule has 1 aliphatic carbocycles. The van der Waals surface area contributed by atoms with Crippen molar-refractivity contribution in [2.24, 2.45) is 16.7 Å². The van der Waals surface area contributed by atoms with Crippen molar-refractivity contribution in [2.75, 3.05) is 0 Å². The summed E-state index contributed by atoms with van der Waals surface area (Å²) in [6.07, 6.45) is 2.04. The van der Waals surface area contributed by atoms with Crippen LogP contribution in [0.4, 0.5) is 0 Å². The first-order chi connectivity index (χ1) is 7.05. The van der Waals surface area contributed by atoms with Crippen LogP contribution in [0, 0.1) is 16.7 Å². The van der Waals surface area contributed by atoms with Gasteiger partial charge in [-0.25, -0.2) is 0 Å². The Hall–Kier alpha value is -0.570. The maximum atomic E-state index is 11.5. The molecule has 3 nitrogen and oxygen atoms in total. The molecule has 0 amide bonds. The number of carbonyl (C=O) groups is 1. The van der Waals surface area contributed by atoms with Crippen molar-refractivity contribution in [1.82, 2.24) is 0 Å². The monoisotopic (exact) mass is 228 g/mol. The molecule has 0 spiro atoms.